The molecule has 2 heteroatoms. The molecule has 2 aromatic rings. The molecule has 0 atom stereocenters. The minimum absolute atomic E-state index is 0.624. The Morgan fingerprint density at radius 3 is 2.25 bits per heavy atom. The van der Waals surface area contributed by atoms with Crippen molar-refractivity contribution < 1.29 is 4.74 Å². The lowest BCUT2D eigenvalue weighted by Crippen LogP contribution is -2.29. The van der Waals surface area contributed by atoms with E-state index in [1.54, 1.807) is 0 Å². The highest BCUT2D eigenvalue weighted by Gasteiger charge is 2.10. The van der Waals surface area contributed by atoms with Crippen molar-refractivity contribution in [2.45, 2.75) is 19.4 Å². The zero-order chi connectivity index (χ0) is 13.6. The first-order chi connectivity index (χ1) is 9.92. The summed E-state index contributed by atoms with van der Waals surface area (Å²) in [5, 5.41) is 0. The van der Waals surface area contributed by atoms with Gasteiger partial charge in [-0.1, -0.05) is 30.3 Å². The first kappa shape index (κ1) is 13.0. The van der Waals surface area contributed by atoms with E-state index in [0.29, 0.717) is 6.61 Å². The summed E-state index contributed by atoms with van der Waals surface area (Å²) in [7, 11) is 0. The van der Waals surface area contributed by atoms with Gasteiger partial charge in [0.05, 0.1) is 0 Å². The molecule has 2 aromatic carbocycles. The van der Waals surface area contributed by atoms with Crippen LogP contribution >= 0.6 is 0 Å². The Morgan fingerprint density at radius 1 is 0.850 bits per heavy atom. The quantitative estimate of drug-likeness (QED) is 0.827. The SMILES string of the molecule is [CH]1CCN(c2ccc(OCc3ccccc3)cc2)CC1. The van der Waals surface area contributed by atoms with Gasteiger partial charge >= 0.3 is 0 Å². The van der Waals surface area contributed by atoms with Crippen LogP contribution in [0.25, 0.3) is 0 Å². The van der Waals surface area contributed by atoms with Gasteiger partial charge in [-0.3, -0.25) is 0 Å². The molecule has 20 heavy (non-hydrogen) atoms. The highest BCUT2D eigenvalue weighted by Crippen LogP contribution is 2.22. The summed E-state index contributed by atoms with van der Waals surface area (Å²) in [4.78, 5) is 2.43. The number of nitrogens with zero attached hydrogens (tertiary/aromatic N) is 1. The Morgan fingerprint density at radius 2 is 1.55 bits per heavy atom. The van der Waals surface area contributed by atoms with E-state index in [1.165, 1.54) is 24.1 Å². The first-order valence-electron chi connectivity index (χ1n) is 7.25. The van der Waals surface area contributed by atoms with Gasteiger partial charge in [0.25, 0.3) is 0 Å². The Labute approximate surface area is 121 Å². The number of piperidine rings is 1. The van der Waals surface area contributed by atoms with Gasteiger partial charge in [-0.2, -0.15) is 0 Å². The molecule has 0 spiro atoms. The van der Waals surface area contributed by atoms with E-state index in [-0.39, 0.29) is 0 Å². The van der Waals surface area contributed by atoms with E-state index >= 15 is 0 Å². The predicted octanol–water partition coefficient (Wildman–Crippen LogP) is 4.07. The van der Waals surface area contributed by atoms with E-state index in [0.717, 1.165) is 18.8 Å². The Balaban J connectivity index is 1.58. The molecule has 0 aromatic heterocycles. The maximum Gasteiger partial charge on any atom is 0.119 e. The van der Waals surface area contributed by atoms with Gasteiger partial charge in [0, 0.05) is 18.8 Å². The maximum atomic E-state index is 5.81. The largest absolute Gasteiger partial charge is 0.489 e. The molecule has 0 saturated carbocycles. The molecule has 0 N–H and O–H groups in total. The van der Waals surface area contributed by atoms with Crippen LogP contribution in [0.3, 0.4) is 0 Å². The molecule has 0 unspecified atom stereocenters. The molecule has 2 nitrogen and oxygen atoms in total. The van der Waals surface area contributed by atoms with Crippen LogP contribution in [0, 0.1) is 6.42 Å². The van der Waals surface area contributed by atoms with Crippen molar-refractivity contribution in [3.8, 4) is 5.75 Å². The standard InChI is InChI=1S/C18H20NO/c1-3-7-16(8-4-1)15-20-18-11-9-17(10-12-18)19-13-5-2-6-14-19/h1-4,7-12H,5-6,13-15H2. The third-order valence-electron chi connectivity index (χ3n) is 3.66. The van der Waals surface area contributed by atoms with Crippen LogP contribution in [-0.2, 0) is 6.61 Å². The summed E-state index contributed by atoms with van der Waals surface area (Å²) in [6.45, 7) is 2.88. The first-order valence-corrected chi connectivity index (χ1v) is 7.25. The van der Waals surface area contributed by atoms with Gasteiger partial charge in [-0.15, -0.1) is 0 Å². The second-order valence-corrected chi connectivity index (χ2v) is 5.12. The van der Waals surface area contributed by atoms with Crippen molar-refractivity contribution in [3.63, 3.8) is 0 Å². The Hall–Kier alpha value is -1.96. The smallest absolute Gasteiger partial charge is 0.119 e. The molecule has 1 saturated heterocycles. The summed E-state index contributed by atoms with van der Waals surface area (Å²) in [6.07, 6.45) is 4.74. The number of hydrogen-bond donors (Lipinski definition) is 0. The molecule has 0 bridgehead atoms. The molecule has 1 heterocycles. The third-order valence-corrected chi connectivity index (χ3v) is 3.66. The second kappa shape index (κ2) is 6.47. The molecule has 1 radical (unpaired) electrons. The molecule has 103 valence electrons. The molecule has 0 amide bonds. The summed E-state index contributed by atoms with van der Waals surface area (Å²) < 4.78 is 5.81. The number of benzene rings is 2. The zero-order valence-corrected chi connectivity index (χ0v) is 11.7. The normalized spacial score (nSPS) is 15.1. The van der Waals surface area contributed by atoms with Crippen LogP contribution in [0.1, 0.15) is 18.4 Å². The van der Waals surface area contributed by atoms with Crippen LogP contribution in [-0.4, -0.2) is 13.1 Å². The van der Waals surface area contributed by atoms with Crippen LogP contribution in [0.15, 0.2) is 54.6 Å². The van der Waals surface area contributed by atoms with Gasteiger partial charge in [0.15, 0.2) is 0 Å². The summed E-state index contributed by atoms with van der Waals surface area (Å²) in [5.41, 5.74) is 2.49. The fraction of sp³-hybridized carbons (Fsp3) is 0.278. The third kappa shape index (κ3) is 3.32. The monoisotopic (exact) mass is 266 g/mol. The highest BCUT2D eigenvalue weighted by molar-refractivity contribution is 5.49. The summed E-state index contributed by atoms with van der Waals surface area (Å²) in [6, 6.07) is 18.7. The minimum atomic E-state index is 0.624. The van der Waals surface area contributed by atoms with E-state index in [1.807, 2.05) is 18.2 Å². The molecule has 0 aliphatic carbocycles. The highest BCUT2D eigenvalue weighted by atomic mass is 16.5. The van der Waals surface area contributed by atoms with Crippen LogP contribution in [0.2, 0.25) is 0 Å². The molecule has 1 aliphatic heterocycles. The molecule has 3 rings (SSSR count). The van der Waals surface area contributed by atoms with Crippen molar-refractivity contribution in [2.24, 2.45) is 0 Å². The van der Waals surface area contributed by atoms with Gasteiger partial charge in [0.2, 0.25) is 0 Å². The summed E-state index contributed by atoms with van der Waals surface area (Å²) >= 11 is 0. The number of rotatable bonds is 4. The number of ether oxygens (including phenoxy) is 1. The Kier molecular flexibility index (Phi) is 4.22. The fourth-order valence-corrected chi connectivity index (χ4v) is 2.50. The number of anilines is 1. The average Bonchev–Trinajstić information content (AvgIpc) is 2.55. The molecule has 1 aliphatic rings. The lowest BCUT2D eigenvalue weighted by Gasteiger charge is -2.28. The van der Waals surface area contributed by atoms with Crippen molar-refractivity contribution in [3.05, 3.63) is 66.6 Å². The van der Waals surface area contributed by atoms with Gasteiger partial charge in [0.1, 0.15) is 12.4 Å². The van der Waals surface area contributed by atoms with Crippen molar-refractivity contribution in [1.82, 2.24) is 0 Å². The molecule has 1 fully saturated rings. The Bertz CT molecular complexity index is 515. The lowest BCUT2D eigenvalue weighted by molar-refractivity contribution is 0.306. The summed E-state index contributed by atoms with van der Waals surface area (Å²) in [5.74, 6) is 0.932. The van der Waals surface area contributed by atoms with E-state index in [4.69, 9.17) is 4.74 Å². The van der Waals surface area contributed by atoms with Crippen LogP contribution in [0.5, 0.6) is 5.75 Å². The van der Waals surface area contributed by atoms with Crippen LogP contribution in [0.4, 0.5) is 5.69 Å². The minimum Gasteiger partial charge on any atom is -0.489 e. The van der Waals surface area contributed by atoms with Gasteiger partial charge in [-0.25, -0.2) is 0 Å². The van der Waals surface area contributed by atoms with Gasteiger partial charge in [-0.05, 0) is 49.1 Å². The van der Waals surface area contributed by atoms with Crippen molar-refractivity contribution in [1.29, 1.82) is 0 Å². The second-order valence-electron chi connectivity index (χ2n) is 5.12. The predicted molar refractivity (Wildman–Crippen MR) is 83.0 cm³/mol. The van der Waals surface area contributed by atoms with Crippen LogP contribution < -0.4 is 9.64 Å². The van der Waals surface area contributed by atoms with E-state index < -0.39 is 0 Å². The maximum absolute atomic E-state index is 5.81. The van der Waals surface area contributed by atoms with E-state index in [9.17, 15) is 0 Å². The average molecular weight is 266 g/mol. The van der Waals surface area contributed by atoms with Gasteiger partial charge < -0.3 is 9.64 Å². The van der Waals surface area contributed by atoms with Crippen molar-refractivity contribution >= 4 is 5.69 Å². The molecular weight excluding hydrogens is 246 g/mol. The number of hydrogen-bond acceptors (Lipinski definition) is 2. The lowest BCUT2D eigenvalue weighted by atomic mass is 10.1. The topological polar surface area (TPSA) is 12.5 Å². The zero-order valence-electron chi connectivity index (χ0n) is 11.7. The van der Waals surface area contributed by atoms with Crippen molar-refractivity contribution in [2.75, 3.05) is 18.0 Å². The molecular formula is C18H20NO. The fourth-order valence-electron chi connectivity index (χ4n) is 2.50. The van der Waals surface area contributed by atoms with E-state index in [2.05, 4.69) is 47.7 Å².